The smallest absolute Gasteiger partial charge is 0.231 e. The third-order valence-electron chi connectivity index (χ3n) is 3.73. The van der Waals surface area contributed by atoms with Crippen molar-refractivity contribution in [1.29, 1.82) is 0 Å². The molecule has 7 heteroatoms. The van der Waals surface area contributed by atoms with E-state index in [0.29, 0.717) is 5.13 Å². The number of rotatable bonds is 4. The summed E-state index contributed by atoms with van der Waals surface area (Å²) in [6.45, 7) is 4.07. The van der Waals surface area contributed by atoms with E-state index in [1.54, 1.807) is 0 Å². The van der Waals surface area contributed by atoms with Gasteiger partial charge in [0.15, 0.2) is 0 Å². The number of amides is 1. The molecule has 1 amide bonds. The summed E-state index contributed by atoms with van der Waals surface area (Å²) in [7, 11) is 0. The van der Waals surface area contributed by atoms with Crippen molar-refractivity contribution in [2.75, 3.05) is 5.32 Å². The van der Waals surface area contributed by atoms with Crippen LogP contribution in [0.1, 0.15) is 51.0 Å². The summed E-state index contributed by atoms with van der Waals surface area (Å²) in [6, 6.07) is 0. The lowest BCUT2D eigenvalue weighted by Gasteiger charge is -2.36. The van der Waals surface area contributed by atoms with Crippen LogP contribution in [-0.4, -0.2) is 21.6 Å². The highest BCUT2D eigenvalue weighted by molar-refractivity contribution is 7.15. The summed E-state index contributed by atoms with van der Waals surface area (Å²) in [5.41, 5.74) is 5.83. The second kappa shape index (κ2) is 7.33. The SMILES string of the molecule is CCCc1nnc(NC(=O)C2CCCCC2(C)N)s1.Cl. The van der Waals surface area contributed by atoms with Crippen LogP contribution in [0.2, 0.25) is 0 Å². The number of hydrogen-bond donors (Lipinski definition) is 2. The average molecular weight is 319 g/mol. The van der Waals surface area contributed by atoms with Gasteiger partial charge in [0.2, 0.25) is 11.0 Å². The quantitative estimate of drug-likeness (QED) is 0.894. The van der Waals surface area contributed by atoms with Crippen molar-refractivity contribution in [3.8, 4) is 0 Å². The number of nitrogens with two attached hydrogens (primary N) is 1. The minimum Gasteiger partial charge on any atom is -0.325 e. The fourth-order valence-electron chi connectivity index (χ4n) is 2.60. The molecule has 5 nitrogen and oxygen atoms in total. The molecule has 3 N–H and O–H groups in total. The van der Waals surface area contributed by atoms with Crippen LogP contribution in [0.5, 0.6) is 0 Å². The minimum atomic E-state index is -0.404. The Bertz CT molecular complexity index is 449. The molecular weight excluding hydrogens is 296 g/mol. The molecule has 20 heavy (non-hydrogen) atoms. The Hall–Kier alpha value is -0.720. The Labute approximate surface area is 130 Å². The van der Waals surface area contributed by atoms with Gasteiger partial charge < -0.3 is 11.1 Å². The fraction of sp³-hybridized carbons (Fsp3) is 0.769. The molecule has 1 aromatic rings. The molecular formula is C13H23ClN4OS. The van der Waals surface area contributed by atoms with Crippen LogP contribution in [0.4, 0.5) is 5.13 Å². The van der Waals surface area contributed by atoms with Crippen LogP contribution < -0.4 is 11.1 Å². The molecule has 2 rings (SSSR count). The molecule has 0 bridgehead atoms. The van der Waals surface area contributed by atoms with Crippen molar-refractivity contribution >= 4 is 34.8 Å². The molecule has 1 aliphatic rings. The third kappa shape index (κ3) is 4.14. The minimum absolute atomic E-state index is 0. The number of anilines is 1. The second-order valence-corrected chi connectivity index (χ2v) is 6.61. The van der Waals surface area contributed by atoms with E-state index in [1.165, 1.54) is 11.3 Å². The standard InChI is InChI=1S/C13H22N4OS.ClH/c1-3-6-10-16-17-12(19-10)15-11(18)9-7-4-5-8-13(9,2)14;/h9H,3-8,14H2,1-2H3,(H,15,17,18);1H. The molecule has 2 unspecified atom stereocenters. The molecule has 0 spiro atoms. The molecule has 114 valence electrons. The van der Waals surface area contributed by atoms with Gasteiger partial charge in [0.05, 0.1) is 5.92 Å². The van der Waals surface area contributed by atoms with E-state index in [2.05, 4.69) is 22.4 Å². The van der Waals surface area contributed by atoms with E-state index in [1.807, 2.05) is 6.92 Å². The lowest BCUT2D eigenvalue weighted by atomic mass is 9.74. The Morgan fingerprint density at radius 2 is 2.25 bits per heavy atom. The maximum Gasteiger partial charge on any atom is 0.231 e. The molecule has 0 aliphatic heterocycles. The van der Waals surface area contributed by atoms with Gasteiger partial charge in [-0.2, -0.15) is 0 Å². The van der Waals surface area contributed by atoms with Crippen LogP contribution in [-0.2, 0) is 11.2 Å². The van der Waals surface area contributed by atoms with Gasteiger partial charge in [-0.25, -0.2) is 0 Å². The van der Waals surface area contributed by atoms with E-state index < -0.39 is 5.54 Å². The first-order valence-electron chi connectivity index (χ1n) is 6.95. The highest BCUT2D eigenvalue weighted by atomic mass is 35.5. The van der Waals surface area contributed by atoms with Crippen LogP contribution in [0, 0.1) is 5.92 Å². The zero-order valence-corrected chi connectivity index (χ0v) is 13.6. The van der Waals surface area contributed by atoms with Gasteiger partial charge in [-0.1, -0.05) is 31.1 Å². The summed E-state index contributed by atoms with van der Waals surface area (Å²) in [5.74, 6) is -0.135. The molecule has 1 fully saturated rings. The van der Waals surface area contributed by atoms with Crippen LogP contribution in [0.3, 0.4) is 0 Å². The van der Waals surface area contributed by atoms with Gasteiger partial charge in [-0.15, -0.1) is 22.6 Å². The third-order valence-corrected chi connectivity index (χ3v) is 4.63. The van der Waals surface area contributed by atoms with Gasteiger partial charge in [0.1, 0.15) is 5.01 Å². The number of nitrogens with one attached hydrogen (secondary N) is 1. The molecule has 1 aliphatic carbocycles. The summed E-state index contributed by atoms with van der Waals surface area (Å²) in [5, 5.41) is 12.5. The highest BCUT2D eigenvalue weighted by Gasteiger charge is 2.38. The number of carbonyl (C=O) groups excluding carboxylic acids is 1. The first-order valence-corrected chi connectivity index (χ1v) is 7.76. The number of nitrogens with zero attached hydrogens (tertiary/aromatic N) is 2. The maximum absolute atomic E-state index is 12.3. The summed E-state index contributed by atoms with van der Waals surface area (Å²) in [6.07, 6.45) is 5.89. The number of carbonyl (C=O) groups is 1. The topological polar surface area (TPSA) is 80.9 Å². The van der Waals surface area contributed by atoms with Crippen molar-refractivity contribution in [2.45, 2.75) is 57.9 Å². The predicted molar refractivity (Wildman–Crippen MR) is 84.3 cm³/mol. The summed E-state index contributed by atoms with van der Waals surface area (Å²) >= 11 is 1.45. The molecule has 0 radical (unpaired) electrons. The zero-order chi connectivity index (χ0) is 13.9. The molecule has 0 saturated heterocycles. The van der Waals surface area contributed by atoms with Crippen molar-refractivity contribution < 1.29 is 4.79 Å². The summed E-state index contributed by atoms with van der Waals surface area (Å²) < 4.78 is 0. The van der Waals surface area contributed by atoms with E-state index in [9.17, 15) is 4.79 Å². The second-order valence-electron chi connectivity index (χ2n) is 5.54. The number of aromatic nitrogens is 2. The molecule has 1 saturated carbocycles. The van der Waals surface area contributed by atoms with Crippen LogP contribution >= 0.6 is 23.7 Å². The van der Waals surface area contributed by atoms with E-state index in [0.717, 1.165) is 43.5 Å². The molecule has 1 heterocycles. The fourth-order valence-corrected chi connectivity index (χ4v) is 3.44. The Morgan fingerprint density at radius 3 is 2.90 bits per heavy atom. The molecule has 1 aromatic heterocycles. The van der Waals surface area contributed by atoms with Crippen LogP contribution in [0.15, 0.2) is 0 Å². The van der Waals surface area contributed by atoms with Crippen molar-refractivity contribution in [2.24, 2.45) is 11.7 Å². The lowest BCUT2D eigenvalue weighted by Crippen LogP contribution is -2.51. The Kier molecular flexibility index (Phi) is 6.36. The van der Waals surface area contributed by atoms with Gasteiger partial charge in [0, 0.05) is 12.0 Å². The van der Waals surface area contributed by atoms with Gasteiger partial charge in [-0.3, -0.25) is 4.79 Å². The monoisotopic (exact) mass is 318 g/mol. The predicted octanol–water partition coefficient (Wildman–Crippen LogP) is 2.76. The normalized spacial score (nSPS) is 25.9. The lowest BCUT2D eigenvalue weighted by molar-refractivity contribution is -0.122. The zero-order valence-electron chi connectivity index (χ0n) is 12.0. The number of hydrogen-bond acceptors (Lipinski definition) is 5. The highest BCUT2D eigenvalue weighted by Crippen LogP contribution is 2.32. The van der Waals surface area contributed by atoms with Crippen molar-refractivity contribution in [3.63, 3.8) is 0 Å². The molecule has 2 atom stereocenters. The first kappa shape index (κ1) is 17.3. The van der Waals surface area contributed by atoms with Gasteiger partial charge >= 0.3 is 0 Å². The van der Waals surface area contributed by atoms with E-state index in [4.69, 9.17) is 5.73 Å². The van der Waals surface area contributed by atoms with Crippen molar-refractivity contribution in [3.05, 3.63) is 5.01 Å². The van der Waals surface area contributed by atoms with Crippen LogP contribution in [0.25, 0.3) is 0 Å². The summed E-state index contributed by atoms with van der Waals surface area (Å²) in [4.78, 5) is 12.3. The van der Waals surface area contributed by atoms with Crippen molar-refractivity contribution in [1.82, 2.24) is 10.2 Å². The Morgan fingerprint density at radius 1 is 1.50 bits per heavy atom. The average Bonchev–Trinajstić information content (AvgIpc) is 2.76. The largest absolute Gasteiger partial charge is 0.325 e. The maximum atomic E-state index is 12.3. The first-order chi connectivity index (χ1) is 9.03. The van der Waals surface area contributed by atoms with Gasteiger partial charge in [-0.05, 0) is 26.2 Å². The van der Waals surface area contributed by atoms with Gasteiger partial charge in [0.25, 0.3) is 0 Å². The Balaban J connectivity index is 0.00000200. The number of aryl methyl sites for hydroxylation is 1. The number of halogens is 1. The van der Waals surface area contributed by atoms with E-state index >= 15 is 0 Å². The molecule has 0 aromatic carbocycles. The van der Waals surface area contributed by atoms with E-state index in [-0.39, 0.29) is 24.2 Å².